The second kappa shape index (κ2) is 8.46. The molecule has 0 aromatic carbocycles. The third-order valence-electron chi connectivity index (χ3n) is 11.6. The highest BCUT2D eigenvalue weighted by atomic mass is 16.6. The van der Waals surface area contributed by atoms with Crippen molar-refractivity contribution in [3.63, 3.8) is 0 Å². The van der Waals surface area contributed by atoms with Crippen molar-refractivity contribution in [3.05, 3.63) is 12.2 Å². The fourth-order valence-corrected chi connectivity index (χ4v) is 8.88. The maximum Gasteiger partial charge on any atom is 0.306 e. The van der Waals surface area contributed by atoms with Gasteiger partial charge in [0.15, 0.2) is 0 Å². The van der Waals surface area contributed by atoms with Crippen molar-refractivity contribution in [2.24, 2.45) is 45.8 Å². The molecular weight excluding hydrogens is 392 g/mol. The monoisotopic (exact) mass is 442 g/mol. The van der Waals surface area contributed by atoms with Crippen LogP contribution in [0, 0.1) is 45.8 Å². The van der Waals surface area contributed by atoms with Gasteiger partial charge in [-0.1, -0.05) is 59.6 Å². The Hall–Kier alpha value is -0.790. The minimum absolute atomic E-state index is 0.0144. The van der Waals surface area contributed by atoms with Crippen LogP contribution in [0.1, 0.15) is 119 Å². The summed E-state index contributed by atoms with van der Waals surface area (Å²) in [6, 6.07) is 0. The average molecular weight is 443 g/mol. The Balaban J connectivity index is 1.46. The first-order valence-corrected chi connectivity index (χ1v) is 13.9. The minimum Gasteiger partial charge on any atom is -0.460 e. The number of carbonyl (C=O) groups excluding carboxylic acids is 1. The summed E-state index contributed by atoms with van der Waals surface area (Å²) < 4.78 is 5.72. The number of hydrogen-bond donors (Lipinski definition) is 0. The van der Waals surface area contributed by atoms with E-state index in [1.54, 1.807) is 0 Å². The van der Waals surface area contributed by atoms with E-state index in [-0.39, 0.29) is 11.6 Å². The predicted molar refractivity (Wildman–Crippen MR) is 133 cm³/mol. The first kappa shape index (κ1) is 24.3. The van der Waals surface area contributed by atoms with Crippen LogP contribution in [0.25, 0.3) is 0 Å². The molecule has 2 heteroatoms. The van der Waals surface area contributed by atoms with E-state index < -0.39 is 0 Å². The Kier molecular flexibility index (Phi) is 6.43. The highest BCUT2D eigenvalue weighted by Crippen LogP contribution is 2.69. The Labute approximate surface area is 198 Å². The number of esters is 1. The smallest absolute Gasteiger partial charge is 0.306 e. The van der Waals surface area contributed by atoms with E-state index in [0.717, 1.165) is 30.6 Å². The zero-order valence-corrected chi connectivity index (χ0v) is 22.1. The predicted octanol–water partition coefficient (Wildman–Crippen LogP) is 8.35. The van der Waals surface area contributed by atoms with E-state index in [4.69, 9.17) is 4.74 Å². The van der Waals surface area contributed by atoms with Crippen molar-refractivity contribution in [1.82, 2.24) is 0 Å². The van der Waals surface area contributed by atoms with Gasteiger partial charge < -0.3 is 4.74 Å². The summed E-state index contributed by atoms with van der Waals surface area (Å²) in [6.07, 6.45) is 19.1. The first-order chi connectivity index (χ1) is 15.0. The molecule has 32 heavy (non-hydrogen) atoms. The minimum atomic E-state index is -0.337. The molecule has 3 fully saturated rings. The lowest BCUT2D eigenvalue weighted by Gasteiger charge is -2.63. The van der Waals surface area contributed by atoms with Crippen LogP contribution in [0.4, 0.5) is 0 Å². The van der Waals surface area contributed by atoms with Crippen LogP contribution in [-0.2, 0) is 9.53 Å². The Morgan fingerprint density at radius 3 is 2.53 bits per heavy atom. The summed E-state index contributed by atoms with van der Waals surface area (Å²) in [7, 11) is 0. The molecule has 0 heterocycles. The molecule has 0 N–H and O–H groups in total. The van der Waals surface area contributed by atoms with Crippen LogP contribution >= 0.6 is 0 Å². The summed E-state index contributed by atoms with van der Waals surface area (Å²) in [5.41, 5.74) is 1.01. The number of ether oxygens (including phenoxy) is 1. The zero-order chi connectivity index (χ0) is 23.4. The molecule has 0 bridgehead atoms. The molecular formula is C30H50O2. The van der Waals surface area contributed by atoms with Gasteiger partial charge in [0.2, 0.25) is 0 Å². The lowest BCUT2D eigenvalue weighted by molar-refractivity contribution is -0.157. The summed E-state index contributed by atoms with van der Waals surface area (Å²) in [4.78, 5) is 12.5. The van der Waals surface area contributed by atoms with Crippen LogP contribution in [0.2, 0.25) is 0 Å². The van der Waals surface area contributed by atoms with E-state index in [2.05, 4.69) is 46.8 Å². The summed E-state index contributed by atoms with van der Waals surface area (Å²) in [6.45, 7) is 16.3. The molecule has 0 saturated heterocycles. The van der Waals surface area contributed by atoms with Gasteiger partial charge in [-0.25, -0.2) is 0 Å². The lowest BCUT2D eigenvalue weighted by Crippen LogP contribution is -2.55. The van der Waals surface area contributed by atoms with Gasteiger partial charge in [-0.05, 0) is 111 Å². The second-order valence-electron chi connectivity index (χ2n) is 13.5. The summed E-state index contributed by atoms with van der Waals surface area (Å²) in [5.74, 6) is 3.74. The Bertz CT molecular complexity index is 737. The van der Waals surface area contributed by atoms with Crippen molar-refractivity contribution in [2.45, 2.75) is 125 Å². The molecule has 0 aromatic heterocycles. The number of rotatable bonds is 6. The molecule has 0 aromatic rings. The van der Waals surface area contributed by atoms with E-state index in [1.807, 2.05) is 13.8 Å². The molecule has 3 saturated carbocycles. The van der Waals surface area contributed by atoms with Crippen LogP contribution in [0.3, 0.4) is 0 Å². The van der Waals surface area contributed by atoms with Crippen LogP contribution in [-0.4, -0.2) is 11.6 Å². The van der Waals surface area contributed by atoms with Crippen LogP contribution in [0.5, 0.6) is 0 Å². The molecule has 0 amide bonds. The standard InChI is InChI=1S/C30H50O2/c1-8-27(3,4)32-26(31)14-11-21(2)23-12-13-24-22-15-19-28(5)17-9-10-18-30(28,7)25(22)16-20-29(23,24)6/h16,20-25H,8-15,17-19H2,1-7H3/t21-,22?,23?,24+,25?,28?,29?,30?/m1/s1. The summed E-state index contributed by atoms with van der Waals surface area (Å²) >= 11 is 0. The van der Waals surface area contributed by atoms with Crippen molar-refractivity contribution >= 4 is 5.97 Å². The zero-order valence-electron chi connectivity index (χ0n) is 22.1. The first-order valence-electron chi connectivity index (χ1n) is 13.9. The fraction of sp³-hybridized carbons (Fsp3) is 0.900. The van der Waals surface area contributed by atoms with Gasteiger partial charge >= 0.3 is 5.97 Å². The molecule has 6 unspecified atom stereocenters. The van der Waals surface area contributed by atoms with Gasteiger partial charge in [0.25, 0.3) is 0 Å². The van der Waals surface area contributed by atoms with Gasteiger partial charge in [-0.3, -0.25) is 4.79 Å². The molecule has 4 aliphatic carbocycles. The fourth-order valence-electron chi connectivity index (χ4n) is 8.88. The third-order valence-corrected chi connectivity index (χ3v) is 11.6. The average Bonchev–Trinajstić information content (AvgIpc) is 3.09. The second-order valence-corrected chi connectivity index (χ2v) is 13.5. The third kappa shape index (κ3) is 3.90. The lowest BCUT2D eigenvalue weighted by atomic mass is 9.42. The van der Waals surface area contributed by atoms with E-state index >= 15 is 0 Å². The quantitative estimate of drug-likeness (QED) is 0.305. The van der Waals surface area contributed by atoms with Crippen LogP contribution in [0.15, 0.2) is 12.2 Å². The number of allylic oxidation sites excluding steroid dienone is 2. The molecule has 2 nitrogen and oxygen atoms in total. The van der Waals surface area contributed by atoms with E-state index in [0.29, 0.717) is 34.5 Å². The maximum atomic E-state index is 12.5. The molecule has 182 valence electrons. The topological polar surface area (TPSA) is 26.3 Å². The van der Waals surface area contributed by atoms with E-state index in [9.17, 15) is 4.79 Å². The molecule has 0 spiro atoms. The Morgan fingerprint density at radius 2 is 1.81 bits per heavy atom. The van der Waals surface area contributed by atoms with Crippen molar-refractivity contribution in [3.8, 4) is 0 Å². The highest BCUT2D eigenvalue weighted by molar-refractivity contribution is 5.69. The SMILES string of the molecule is CCC(C)(C)OC(=O)CC[C@@H](C)C1CC[C@H]2C3CCC4(C)CCCCC4(C)C3C=CC12C. The van der Waals surface area contributed by atoms with Crippen LogP contribution < -0.4 is 0 Å². The van der Waals surface area contributed by atoms with Gasteiger partial charge in [-0.15, -0.1) is 0 Å². The van der Waals surface area contributed by atoms with Gasteiger partial charge in [0.1, 0.15) is 5.60 Å². The highest BCUT2D eigenvalue weighted by Gasteiger charge is 2.61. The molecule has 8 atom stereocenters. The maximum absolute atomic E-state index is 12.5. The summed E-state index contributed by atoms with van der Waals surface area (Å²) in [5, 5.41) is 0. The molecule has 4 aliphatic rings. The largest absolute Gasteiger partial charge is 0.460 e. The van der Waals surface area contributed by atoms with Gasteiger partial charge in [-0.2, -0.15) is 0 Å². The number of carbonyl (C=O) groups is 1. The van der Waals surface area contributed by atoms with Gasteiger partial charge in [0.05, 0.1) is 0 Å². The van der Waals surface area contributed by atoms with Crippen molar-refractivity contribution in [2.75, 3.05) is 0 Å². The van der Waals surface area contributed by atoms with E-state index in [1.165, 1.54) is 51.4 Å². The number of fused-ring (bicyclic) bond motifs is 5. The molecule has 0 radical (unpaired) electrons. The van der Waals surface area contributed by atoms with Crippen molar-refractivity contribution < 1.29 is 9.53 Å². The normalized spacial score (nSPS) is 44.3. The molecule has 4 rings (SSSR count). The van der Waals surface area contributed by atoms with Gasteiger partial charge in [0, 0.05) is 6.42 Å². The Morgan fingerprint density at radius 1 is 1.09 bits per heavy atom. The van der Waals surface area contributed by atoms with Crippen molar-refractivity contribution in [1.29, 1.82) is 0 Å². The number of hydrogen-bond acceptors (Lipinski definition) is 2. The molecule has 0 aliphatic heterocycles.